The van der Waals surface area contributed by atoms with E-state index in [-0.39, 0.29) is 5.82 Å². The smallest absolute Gasteiger partial charge is 0.191 e. The van der Waals surface area contributed by atoms with Gasteiger partial charge in [-0.05, 0) is 62.3 Å². The minimum absolute atomic E-state index is 0.210. The van der Waals surface area contributed by atoms with Crippen LogP contribution in [0.4, 0.5) is 4.39 Å². The normalized spacial score (nSPS) is 12.0. The molecule has 0 aliphatic heterocycles. The number of nitrogens with zero attached hydrogens (tertiary/aromatic N) is 2. The molecule has 5 nitrogen and oxygen atoms in total. The van der Waals surface area contributed by atoms with Gasteiger partial charge in [0, 0.05) is 36.7 Å². The molecule has 2 aromatic carbocycles. The Morgan fingerprint density at radius 2 is 1.83 bits per heavy atom. The van der Waals surface area contributed by atoms with Crippen LogP contribution in [0.3, 0.4) is 0 Å². The Bertz CT molecular complexity index is 944. The summed E-state index contributed by atoms with van der Waals surface area (Å²) in [4.78, 5) is 10.0. The number of halogens is 1. The second kappa shape index (κ2) is 10.1. The SMILES string of the molecule is CCNC(=NCc1ccc(CN(C)C)cc1)NCCc1c[nH]c2ccc(F)cc12. The molecular formula is C23H30FN5. The number of guanidine groups is 1. The maximum atomic E-state index is 13.5. The van der Waals surface area contributed by atoms with Gasteiger partial charge in [0.25, 0.3) is 0 Å². The highest BCUT2D eigenvalue weighted by Crippen LogP contribution is 2.19. The number of aromatic nitrogens is 1. The Kier molecular flexibility index (Phi) is 7.25. The van der Waals surface area contributed by atoms with Crippen molar-refractivity contribution < 1.29 is 4.39 Å². The van der Waals surface area contributed by atoms with E-state index < -0.39 is 0 Å². The van der Waals surface area contributed by atoms with Gasteiger partial charge in [-0.2, -0.15) is 0 Å². The number of hydrogen-bond donors (Lipinski definition) is 3. The number of nitrogens with one attached hydrogen (secondary N) is 3. The van der Waals surface area contributed by atoms with Gasteiger partial charge in [-0.25, -0.2) is 9.38 Å². The van der Waals surface area contributed by atoms with Crippen LogP contribution in [-0.4, -0.2) is 43.0 Å². The molecule has 0 unspecified atom stereocenters. The van der Waals surface area contributed by atoms with E-state index in [9.17, 15) is 4.39 Å². The number of hydrogen-bond acceptors (Lipinski definition) is 2. The summed E-state index contributed by atoms with van der Waals surface area (Å²) in [5.41, 5.74) is 4.53. The van der Waals surface area contributed by atoms with Crippen LogP contribution < -0.4 is 10.6 Å². The van der Waals surface area contributed by atoms with Crippen molar-refractivity contribution in [2.75, 3.05) is 27.2 Å². The number of aliphatic imine (C=N–C) groups is 1. The summed E-state index contributed by atoms with van der Waals surface area (Å²) < 4.78 is 13.5. The molecule has 6 heteroatoms. The lowest BCUT2D eigenvalue weighted by atomic mass is 10.1. The zero-order valence-electron chi connectivity index (χ0n) is 17.4. The molecule has 3 N–H and O–H groups in total. The molecule has 0 atom stereocenters. The Labute approximate surface area is 172 Å². The van der Waals surface area contributed by atoms with Crippen LogP contribution in [0.15, 0.2) is 53.7 Å². The van der Waals surface area contributed by atoms with Gasteiger partial charge in [0.1, 0.15) is 5.82 Å². The summed E-state index contributed by atoms with van der Waals surface area (Å²) in [7, 11) is 4.14. The summed E-state index contributed by atoms with van der Waals surface area (Å²) in [5.74, 6) is 0.578. The highest BCUT2D eigenvalue weighted by atomic mass is 19.1. The number of aromatic amines is 1. The quantitative estimate of drug-likeness (QED) is 0.403. The molecule has 3 rings (SSSR count). The Balaban J connectivity index is 1.57. The largest absolute Gasteiger partial charge is 0.361 e. The molecular weight excluding hydrogens is 365 g/mol. The molecule has 0 aliphatic rings. The van der Waals surface area contributed by atoms with Gasteiger partial charge in [0.2, 0.25) is 0 Å². The van der Waals surface area contributed by atoms with Gasteiger partial charge in [-0.15, -0.1) is 0 Å². The molecule has 154 valence electrons. The average molecular weight is 396 g/mol. The number of rotatable bonds is 8. The van der Waals surface area contributed by atoms with Gasteiger partial charge in [-0.3, -0.25) is 0 Å². The fourth-order valence-electron chi connectivity index (χ4n) is 3.30. The zero-order valence-corrected chi connectivity index (χ0v) is 17.4. The van der Waals surface area contributed by atoms with Crippen LogP contribution >= 0.6 is 0 Å². The molecule has 29 heavy (non-hydrogen) atoms. The molecule has 0 spiro atoms. The Morgan fingerprint density at radius 3 is 2.55 bits per heavy atom. The lowest BCUT2D eigenvalue weighted by molar-refractivity contribution is 0.402. The van der Waals surface area contributed by atoms with E-state index in [1.54, 1.807) is 12.1 Å². The van der Waals surface area contributed by atoms with E-state index >= 15 is 0 Å². The summed E-state index contributed by atoms with van der Waals surface area (Å²) in [6.07, 6.45) is 2.73. The first-order valence-electron chi connectivity index (χ1n) is 10.1. The van der Waals surface area contributed by atoms with Crippen LogP contribution in [0.5, 0.6) is 0 Å². The van der Waals surface area contributed by atoms with Crippen molar-refractivity contribution in [3.05, 3.63) is 71.2 Å². The third-order valence-corrected chi connectivity index (χ3v) is 4.70. The molecule has 0 saturated heterocycles. The van der Waals surface area contributed by atoms with E-state index in [0.29, 0.717) is 6.54 Å². The third kappa shape index (κ3) is 6.06. The zero-order chi connectivity index (χ0) is 20.6. The van der Waals surface area contributed by atoms with Crippen molar-refractivity contribution in [3.63, 3.8) is 0 Å². The molecule has 1 aromatic heterocycles. The van der Waals surface area contributed by atoms with E-state index in [0.717, 1.165) is 48.5 Å². The van der Waals surface area contributed by atoms with Crippen LogP contribution in [0, 0.1) is 5.82 Å². The summed E-state index contributed by atoms with van der Waals surface area (Å²) in [5, 5.41) is 7.59. The summed E-state index contributed by atoms with van der Waals surface area (Å²) in [6, 6.07) is 13.4. The van der Waals surface area contributed by atoms with Gasteiger partial charge < -0.3 is 20.5 Å². The van der Waals surface area contributed by atoms with E-state index in [4.69, 9.17) is 0 Å². The standard InChI is InChI=1S/C23H30FN5/c1-4-25-23(28-14-17-5-7-18(8-6-17)16-29(2)3)26-12-11-19-15-27-22-10-9-20(24)13-21(19)22/h5-10,13,15,27H,4,11-12,14,16H2,1-3H3,(H2,25,26,28). The van der Waals surface area contributed by atoms with Gasteiger partial charge in [0.15, 0.2) is 5.96 Å². The molecule has 0 bridgehead atoms. The highest BCUT2D eigenvalue weighted by molar-refractivity contribution is 5.83. The molecule has 3 aromatic rings. The summed E-state index contributed by atoms with van der Waals surface area (Å²) >= 11 is 0. The highest BCUT2D eigenvalue weighted by Gasteiger charge is 2.05. The minimum Gasteiger partial charge on any atom is -0.361 e. The van der Waals surface area contributed by atoms with Gasteiger partial charge >= 0.3 is 0 Å². The average Bonchev–Trinajstić information content (AvgIpc) is 3.09. The lowest BCUT2D eigenvalue weighted by Crippen LogP contribution is -2.38. The molecule has 0 amide bonds. The second-order valence-electron chi connectivity index (χ2n) is 7.43. The number of H-pyrrole nitrogens is 1. The monoisotopic (exact) mass is 395 g/mol. The van der Waals surface area contributed by atoms with Crippen molar-refractivity contribution in [2.24, 2.45) is 4.99 Å². The van der Waals surface area contributed by atoms with Crippen LogP contribution in [0.2, 0.25) is 0 Å². The Morgan fingerprint density at radius 1 is 1.07 bits per heavy atom. The minimum atomic E-state index is -0.210. The predicted octanol–water partition coefficient (Wildman–Crippen LogP) is 3.67. The first kappa shape index (κ1) is 20.9. The maximum absolute atomic E-state index is 13.5. The van der Waals surface area contributed by atoms with Crippen molar-refractivity contribution in [1.29, 1.82) is 0 Å². The Hall–Kier alpha value is -2.86. The van der Waals surface area contributed by atoms with Crippen molar-refractivity contribution >= 4 is 16.9 Å². The first-order valence-corrected chi connectivity index (χ1v) is 10.1. The molecule has 0 saturated carbocycles. The number of fused-ring (bicyclic) bond motifs is 1. The topological polar surface area (TPSA) is 55.5 Å². The molecule has 0 fully saturated rings. The van der Waals surface area contributed by atoms with Crippen LogP contribution in [0.25, 0.3) is 10.9 Å². The van der Waals surface area contributed by atoms with Crippen molar-refractivity contribution in [2.45, 2.75) is 26.4 Å². The van der Waals surface area contributed by atoms with E-state index in [1.165, 1.54) is 17.2 Å². The fraction of sp³-hybridized carbons (Fsp3) is 0.348. The molecule has 0 aliphatic carbocycles. The molecule has 0 radical (unpaired) electrons. The maximum Gasteiger partial charge on any atom is 0.191 e. The molecule has 1 heterocycles. The number of benzene rings is 2. The third-order valence-electron chi connectivity index (χ3n) is 4.70. The predicted molar refractivity (Wildman–Crippen MR) is 119 cm³/mol. The second-order valence-corrected chi connectivity index (χ2v) is 7.43. The van der Waals surface area contributed by atoms with Crippen molar-refractivity contribution in [3.8, 4) is 0 Å². The van der Waals surface area contributed by atoms with Crippen molar-refractivity contribution in [1.82, 2.24) is 20.5 Å². The fourth-order valence-corrected chi connectivity index (χ4v) is 3.30. The van der Waals surface area contributed by atoms with Crippen LogP contribution in [0.1, 0.15) is 23.6 Å². The van der Waals surface area contributed by atoms with Crippen LogP contribution in [-0.2, 0) is 19.5 Å². The lowest BCUT2D eigenvalue weighted by Gasteiger charge is -2.12. The summed E-state index contributed by atoms with van der Waals surface area (Å²) in [6.45, 7) is 5.13. The first-order chi connectivity index (χ1) is 14.0. The van der Waals surface area contributed by atoms with E-state index in [1.807, 2.05) is 6.20 Å². The van der Waals surface area contributed by atoms with Gasteiger partial charge in [-0.1, -0.05) is 24.3 Å². The van der Waals surface area contributed by atoms with Gasteiger partial charge in [0.05, 0.1) is 6.54 Å². The van der Waals surface area contributed by atoms with E-state index in [2.05, 4.69) is 70.8 Å².